The molecule has 0 radical (unpaired) electrons. The Kier molecular flexibility index (Phi) is 4.60. The second-order valence-corrected chi connectivity index (χ2v) is 7.52. The van der Waals surface area contributed by atoms with E-state index in [9.17, 15) is 13.2 Å². The Morgan fingerprint density at radius 1 is 1.43 bits per heavy atom. The van der Waals surface area contributed by atoms with Crippen LogP contribution >= 0.6 is 11.6 Å². The molecule has 116 valence electrons. The largest absolute Gasteiger partial charge is 0.349 e. The molecule has 1 unspecified atom stereocenters. The van der Waals surface area contributed by atoms with Crippen molar-refractivity contribution in [3.05, 3.63) is 28.3 Å². The van der Waals surface area contributed by atoms with Crippen LogP contribution in [0.5, 0.6) is 0 Å². The summed E-state index contributed by atoms with van der Waals surface area (Å²) in [6, 6.07) is 2.80. The quantitative estimate of drug-likeness (QED) is 0.887. The van der Waals surface area contributed by atoms with Crippen LogP contribution in [0.2, 0.25) is 5.02 Å². The number of nitrogens with two attached hydrogens (primary N) is 1. The van der Waals surface area contributed by atoms with Crippen LogP contribution < -0.4 is 10.5 Å². The number of carbonyl (C=O) groups is 1. The molecule has 0 spiro atoms. The van der Waals surface area contributed by atoms with Gasteiger partial charge < -0.3 is 5.32 Å². The number of sulfonamides is 1. The lowest BCUT2D eigenvalue weighted by molar-refractivity contribution is 0.0909. The summed E-state index contributed by atoms with van der Waals surface area (Å²) in [5.74, 6) is 0.161. The van der Waals surface area contributed by atoms with Gasteiger partial charge in [0.1, 0.15) is 0 Å². The minimum Gasteiger partial charge on any atom is -0.349 e. The highest BCUT2D eigenvalue weighted by Crippen LogP contribution is 2.30. The lowest BCUT2D eigenvalue weighted by Crippen LogP contribution is -2.40. The summed E-state index contributed by atoms with van der Waals surface area (Å²) >= 11 is 6.01. The number of hydrogen-bond donors (Lipinski definition) is 2. The van der Waals surface area contributed by atoms with Gasteiger partial charge in [0.15, 0.2) is 0 Å². The second-order valence-electron chi connectivity index (χ2n) is 5.58. The molecule has 0 saturated heterocycles. The molecule has 1 atom stereocenters. The van der Waals surface area contributed by atoms with Crippen molar-refractivity contribution in [1.82, 2.24) is 5.32 Å². The van der Waals surface area contributed by atoms with Crippen LogP contribution in [0.4, 0.5) is 0 Å². The first-order chi connectivity index (χ1) is 9.70. The summed E-state index contributed by atoms with van der Waals surface area (Å²) in [5.41, 5.74) is 0.559. The molecule has 1 aromatic rings. The summed E-state index contributed by atoms with van der Waals surface area (Å²) in [5, 5.41) is 8.26. The van der Waals surface area contributed by atoms with Crippen molar-refractivity contribution >= 4 is 27.5 Å². The molecule has 21 heavy (non-hydrogen) atoms. The van der Waals surface area contributed by atoms with Gasteiger partial charge >= 0.3 is 0 Å². The van der Waals surface area contributed by atoms with Crippen molar-refractivity contribution in [2.45, 2.75) is 44.0 Å². The van der Waals surface area contributed by atoms with Gasteiger partial charge in [0.25, 0.3) is 5.91 Å². The average molecular weight is 331 g/mol. The van der Waals surface area contributed by atoms with E-state index in [1.165, 1.54) is 18.6 Å². The Balaban J connectivity index is 2.27. The number of nitrogens with one attached hydrogen (secondary N) is 1. The van der Waals surface area contributed by atoms with Gasteiger partial charge in [-0.05, 0) is 50.3 Å². The molecule has 1 fully saturated rings. The van der Waals surface area contributed by atoms with Crippen LogP contribution in [0.1, 0.15) is 42.1 Å². The van der Waals surface area contributed by atoms with E-state index >= 15 is 0 Å². The molecule has 1 saturated carbocycles. The Morgan fingerprint density at radius 2 is 2.05 bits per heavy atom. The van der Waals surface area contributed by atoms with Gasteiger partial charge in [-0.25, -0.2) is 13.6 Å². The predicted octanol–water partition coefficient (Wildman–Crippen LogP) is 2.21. The zero-order valence-electron chi connectivity index (χ0n) is 12.0. The highest BCUT2D eigenvalue weighted by molar-refractivity contribution is 7.89. The molecule has 2 rings (SSSR count). The maximum atomic E-state index is 12.2. The zero-order valence-corrected chi connectivity index (χ0v) is 13.6. The van der Waals surface area contributed by atoms with Crippen molar-refractivity contribution in [1.29, 1.82) is 0 Å². The first-order valence-corrected chi connectivity index (χ1v) is 8.76. The van der Waals surface area contributed by atoms with E-state index in [-0.39, 0.29) is 27.4 Å². The summed E-state index contributed by atoms with van der Waals surface area (Å²) in [6.45, 7) is 3.51. The minimum absolute atomic E-state index is 0.0595. The third kappa shape index (κ3) is 3.56. The number of halogens is 1. The fourth-order valence-electron chi connectivity index (χ4n) is 2.43. The highest BCUT2D eigenvalue weighted by atomic mass is 35.5. The SMILES string of the molecule is Cc1c(Cl)cc(C(=O)NC(C)C2CCC2)cc1S(N)(=O)=O. The van der Waals surface area contributed by atoms with E-state index in [4.69, 9.17) is 16.7 Å². The molecule has 1 aromatic carbocycles. The van der Waals surface area contributed by atoms with E-state index in [2.05, 4.69) is 5.32 Å². The van der Waals surface area contributed by atoms with Crippen molar-refractivity contribution in [3.63, 3.8) is 0 Å². The molecule has 0 heterocycles. The first-order valence-electron chi connectivity index (χ1n) is 6.84. The van der Waals surface area contributed by atoms with Crippen LogP contribution in [0.15, 0.2) is 17.0 Å². The van der Waals surface area contributed by atoms with Crippen LogP contribution in [0.3, 0.4) is 0 Å². The summed E-state index contributed by atoms with van der Waals surface area (Å²) < 4.78 is 23.1. The number of benzene rings is 1. The molecule has 1 aliphatic carbocycles. The van der Waals surface area contributed by atoms with E-state index < -0.39 is 10.0 Å². The second kappa shape index (κ2) is 5.94. The number of hydrogen-bond acceptors (Lipinski definition) is 3. The number of primary sulfonamides is 1. The van der Waals surface area contributed by atoms with Gasteiger partial charge in [-0.15, -0.1) is 0 Å². The Bertz CT molecular complexity index is 669. The number of carbonyl (C=O) groups excluding carboxylic acids is 1. The van der Waals surface area contributed by atoms with Gasteiger partial charge in [0.2, 0.25) is 10.0 Å². The van der Waals surface area contributed by atoms with Crippen molar-refractivity contribution in [3.8, 4) is 0 Å². The highest BCUT2D eigenvalue weighted by Gasteiger charge is 2.26. The molecule has 0 aliphatic heterocycles. The lowest BCUT2D eigenvalue weighted by Gasteiger charge is -2.31. The molecule has 3 N–H and O–H groups in total. The Morgan fingerprint density at radius 3 is 2.52 bits per heavy atom. The van der Waals surface area contributed by atoms with Gasteiger partial charge in [-0.1, -0.05) is 18.0 Å². The van der Waals surface area contributed by atoms with Gasteiger partial charge in [-0.2, -0.15) is 0 Å². The molecule has 1 aliphatic rings. The molecular formula is C14H19ClN2O3S. The molecule has 5 nitrogen and oxygen atoms in total. The van der Waals surface area contributed by atoms with Crippen molar-refractivity contribution < 1.29 is 13.2 Å². The topological polar surface area (TPSA) is 89.3 Å². The third-order valence-electron chi connectivity index (χ3n) is 4.08. The lowest BCUT2D eigenvalue weighted by atomic mass is 9.80. The molecule has 0 bridgehead atoms. The van der Waals surface area contributed by atoms with Gasteiger partial charge in [-0.3, -0.25) is 4.79 Å². The summed E-state index contributed by atoms with van der Waals surface area (Å²) in [4.78, 5) is 12.1. The number of amides is 1. The first kappa shape index (κ1) is 16.3. The van der Waals surface area contributed by atoms with Crippen molar-refractivity contribution in [2.75, 3.05) is 0 Å². The number of rotatable bonds is 4. The standard InChI is InChI=1S/C14H19ClN2O3S/c1-8-12(15)6-11(7-13(8)21(16,19)20)14(18)17-9(2)10-4-3-5-10/h6-7,9-10H,3-5H2,1-2H3,(H,17,18)(H2,16,19,20). The van der Waals surface area contributed by atoms with Crippen molar-refractivity contribution in [2.24, 2.45) is 11.1 Å². The third-order valence-corrected chi connectivity index (χ3v) is 5.51. The van der Waals surface area contributed by atoms with Gasteiger partial charge in [0.05, 0.1) is 4.90 Å². The fraction of sp³-hybridized carbons (Fsp3) is 0.500. The minimum atomic E-state index is -3.91. The van der Waals surface area contributed by atoms with Crippen LogP contribution in [0, 0.1) is 12.8 Å². The Labute approximate surface area is 129 Å². The predicted molar refractivity (Wildman–Crippen MR) is 81.8 cm³/mol. The van der Waals surface area contributed by atoms with Crippen LogP contribution in [0.25, 0.3) is 0 Å². The maximum absolute atomic E-state index is 12.2. The van der Waals surface area contributed by atoms with E-state index in [1.54, 1.807) is 6.92 Å². The van der Waals surface area contributed by atoms with Crippen LogP contribution in [-0.2, 0) is 10.0 Å². The average Bonchev–Trinajstić information content (AvgIpc) is 2.28. The van der Waals surface area contributed by atoms with E-state index in [0.717, 1.165) is 12.8 Å². The summed E-state index contributed by atoms with van der Waals surface area (Å²) in [7, 11) is -3.91. The maximum Gasteiger partial charge on any atom is 0.251 e. The van der Waals surface area contributed by atoms with Gasteiger partial charge in [0, 0.05) is 16.6 Å². The van der Waals surface area contributed by atoms with Crippen LogP contribution in [-0.4, -0.2) is 20.4 Å². The molecule has 7 heteroatoms. The molecule has 0 aromatic heterocycles. The summed E-state index contributed by atoms with van der Waals surface area (Å²) in [6.07, 6.45) is 3.41. The Hall–Kier alpha value is -1.11. The molecule has 1 amide bonds. The normalized spacial score (nSPS) is 17.1. The monoisotopic (exact) mass is 330 g/mol. The van der Waals surface area contributed by atoms with E-state index in [1.807, 2.05) is 6.92 Å². The zero-order chi connectivity index (χ0) is 15.8. The smallest absolute Gasteiger partial charge is 0.251 e. The molecular weight excluding hydrogens is 312 g/mol. The fourth-order valence-corrected chi connectivity index (χ4v) is 3.53. The van der Waals surface area contributed by atoms with E-state index in [0.29, 0.717) is 11.5 Å².